The fraction of sp³-hybridized carbons (Fsp3) is 0.316. The molecular formula is C19H21BrN2O2. The van der Waals surface area contributed by atoms with Crippen LogP contribution in [0.5, 0.6) is 0 Å². The van der Waals surface area contributed by atoms with E-state index < -0.39 is 0 Å². The van der Waals surface area contributed by atoms with Gasteiger partial charge in [0.25, 0.3) is 5.91 Å². The predicted octanol–water partition coefficient (Wildman–Crippen LogP) is 4.15. The number of hydrogen-bond acceptors (Lipinski definition) is 3. The Morgan fingerprint density at radius 3 is 2.50 bits per heavy atom. The number of carbonyl (C=O) groups excluding carboxylic acids is 1. The lowest BCUT2D eigenvalue weighted by atomic mass is 10.1. The van der Waals surface area contributed by atoms with Crippen LogP contribution in [0.1, 0.15) is 21.5 Å². The first-order valence-electron chi connectivity index (χ1n) is 8.05. The Balaban J connectivity index is 1.74. The van der Waals surface area contributed by atoms with E-state index in [1.807, 2.05) is 50.2 Å². The molecule has 2 aromatic carbocycles. The Morgan fingerprint density at radius 1 is 1.08 bits per heavy atom. The topological polar surface area (TPSA) is 41.6 Å². The van der Waals surface area contributed by atoms with Crippen molar-refractivity contribution in [2.75, 3.05) is 36.5 Å². The van der Waals surface area contributed by atoms with Gasteiger partial charge in [-0.2, -0.15) is 0 Å². The van der Waals surface area contributed by atoms with E-state index in [-0.39, 0.29) is 5.91 Å². The van der Waals surface area contributed by atoms with Crippen molar-refractivity contribution >= 4 is 33.2 Å². The molecule has 1 N–H and O–H groups in total. The summed E-state index contributed by atoms with van der Waals surface area (Å²) in [4.78, 5) is 14.7. The van der Waals surface area contributed by atoms with E-state index in [4.69, 9.17) is 4.74 Å². The number of ether oxygens (including phenoxy) is 1. The average molecular weight is 389 g/mol. The average Bonchev–Trinajstić information content (AvgIpc) is 2.58. The van der Waals surface area contributed by atoms with E-state index in [9.17, 15) is 4.79 Å². The van der Waals surface area contributed by atoms with Gasteiger partial charge in [-0.25, -0.2) is 0 Å². The molecule has 24 heavy (non-hydrogen) atoms. The van der Waals surface area contributed by atoms with Crippen LogP contribution in [0.3, 0.4) is 0 Å². The van der Waals surface area contributed by atoms with E-state index >= 15 is 0 Å². The highest BCUT2D eigenvalue weighted by atomic mass is 79.9. The lowest BCUT2D eigenvalue weighted by molar-refractivity contribution is 0.102. The van der Waals surface area contributed by atoms with Gasteiger partial charge in [0.2, 0.25) is 0 Å². The molecule has 2 aromatic rings. The highest BCUT2D eigenvalue weighted by Gasteiger charge is 2.15. The van der Waals surface area contributed by atoms with E-state index in [1.54, 1.807) is 0 Å². The van der Waals surface area contributed by atoms with Crippen molar-refractivity contribution in [1.82, 2.24) is 0 Å². The highest BCUT2D eigenvalue weighted by Crippen LogP contribution is 2.30. The van der Waals surface area contributed by atoms with Crippen molar-refractivity contribution in [3.8, 4) is 0 Å². The number of halogens is 1. The molecule has 1 amide bonds. The quantitative estimate of drug-likeness (QED) is 0.858. The van der Waals surface area contributed by atoms with Gasteiger partial charge in [0.1, 0.15) is 0 Å². The van der Waals surface area contributed by atoms with Crippen LogP contribution in [0.4, 0.5) is 11.4 Å². The maximum Gasteiger partial charge on any atom is 0.255 e. The van der Waals surface area contributed by atoms with E-state index in [0.29, 0.717) is 5.56 Å². The molecule has 1 fully saturated rings. The van der Waals surface area contributed by atoms with Crippen LogP contribution >= 0.6 is 15.9 Å². The van der Waals surface area contributed by atoms with Gasteiger partial charge in [0.05, 0.1) is 18.9 Å². The second kappa shape index (κ2) is 7.36. The van der Waals surface area contributed by atoms with Crippen LogP contribution in [0.15, 0.2) is 40.9 Å². The first-order valence-corrected chi connectivity index (χ1v) is 8.85. The molecule has 0 bridgehead atoms. The molecule has 0 radical (unpaired) electrons. The number of benzene rings is 2. The van der Waals surface area contributed by atoms with E-state index in [2.05, 4.69) is 26.1 Å². The number of anilines is 2. The number of amides is 1. The lowest BCUT2D eigenvalue weighted by Gasteiger charge is -2.29. The van der Waals surface area contributed by atoms with Crippen LogP contribution in [0.25, 0.3) is 0 Å². The summed E-state index contributed by atoms with van der Waals surface area (Å²) < 4.78 is 6.36. The number of morpholine rings is 1. The number of nitrogens with one attached hydrogen (secondary N) is 1. The summed E-state index contributed by atoms with van der Waals surface area (Å²) in [7, 11) is 0. The monoisotopic (exact) mass is 388 g/mol. The Kier molecular flexibility index (Phi) is 5.21. The summed E-state index contributed by atoms with van der Waals surface area (Å²) in [5.41, 5.74) is 4.88. The maximum atomic E-state index is 12.4. The summed E-state index contributed by atoms with van der Waals surface area (Å²) in [6.07, 6.45) is 0. The third-order valence-electron chi connectivity index (χ3n) is 4.33. The smallest absolute Gasteiger partial charge is 0.255 e. The second-order valence-corrected chi connectivity index (χ2v) is 6.87. The predicted molar refractivity (Wildman–Crippen MR) is 101 cm³/mol. The Hall–Kier alpha value is -1.85. The van der Waals surface area contributed by atoms with Gasteiger partial charge in [-0.15, -0.1) is 0 Å². The molecule has 5 heteroatoms. The lowest BCUT2D eigenvalue weighted by Crippen LogP contribution is -2.36. The van der Waals surface area contributed by atoms with Crippen LogP contribution in [-0.4, -0.2) is 32.2 Å². The van der Waals surface area contributed by atoms with E-state index in [1.165, 1.54) is 5.56 Å². The highest BCUT2D eigenvalue weighted by molar-refractivity contribution is 9.10. The minimum Gasteiger partial charge on any atom is -0.378 e. The van der Waals surface area contributed by atoms with E-state index in [0.717, 1.165) is 47.7 Å². The largest absolute Gasteiger partial charge is 0.378 e. The molecule has 0 aliphatic carbocycles. The number of aryl methyl sites for hydroxylation is 2. The first kappa shape index (κ1) is 17.0. The number of carbonyl (C=O) groups is 1. The van der Waals surface area contributed by atoms with Gasteiger partial charge >= 0.3 is 0 Å². The maximum absolute atomic E-state index is 12.4. The molecule has 0 atom stereocenters. The minimum atomic E-state index is -0.0934. The molecule has 0 spiro atoms. The number of rotatable bonds is 3. The number of nitrogens with zero attached hydrogens (tertiary/aromatic N) is 1. The molecular weight excluding hydrogens is 368 g/mol. The number of hydrogen-bond donors (Lipinski definition) is 1. The van der Waals surface area contributed by atoms with Crippen molar-refractivity contribution < 1.29 is 9.53 Å². The summed E-state index contributed by atoms with van der Waals surface area (Å²) in [5, 5.41) is 2.96. The van der Waals surface area contributed by atoms with Crippen LogP contribution < -0.4 is 10.2 Å². The van der Waals surface area contributed by atoms with Gasteiger partial charge in [0, 0.05) is 28.8 Å². The molecule has 1 aliphatic heterocycles. The van der Waals surface area contributed by atoms with Gasteiger partial charge in [0.15, 0.2) is 0 Å². The van der Waals surface area contributed by atoms with Crippen molar-refractivity contribution in [2.24, 2.45) is 0 Å². The van der Waals surface area contributed by atoms with Gasteiger partial charge < -0.3 is 15.0 Å². The molecule has 4 nitrogen and oxygen atoms in total. The third-order valence-corrected chi connectivity index (χ3v) is 4.96. The zero-order valence-electron chi connectivity index (χ0n) is 13.9. The van der Waals surface area contributed by atoms with Crippen molar-refractivity contribution in [1.29, 1.82) is 0 Å². The molecule has 1 heterocycles. The second-order valence-electron chi connectivity index (χ2n) is 6.02. The minimum absolute atomic E-state index is 0.0934. The molecule has 3 rings (SSSR count). The van der Waals surface area contributed by atoms with Crippen LogP contribution in [0.2, 0.25) is 0 Å². The Morgan fingerprint density at radius 2 is 1.83 bits per heavy atom. The van der Waals surface area contributed by atoms with Crippen molar-refractivity contribution in [3.05, 3.63) is 57.6 Å². The summed E-state index contributed by atoms with van der Waals surface area (Å²) in [6, 6.07) is 11.7. The standard InChI is InChI=1S/C19H21BrN2O2/c1-13-3-4-15(11-14(13)2)19(23)21-16-5-6-18(17(20)12-16)22-7-9-24-10-8-22/h3-6,11-12H,7-10H2,1-2H3,(H,21,23). The van der Waals surface area contributed by atoms with Crippen molar-refractivity contribution in [2.45, 2.75) is 13.8 Å². The molecule has 1 aliphatic rings. The molecule has 0 aromatic heterocycles. The Labute approximate surface area is 150 Å². The van der Waals surface area contributed by atoms with Crippen LogP contribution in [0, 0.1) is 13.8 Å². The van der Waals surface area contributed by atoms with Gasteiger partial charge in [-0.3, -0.25) is 4.79 Å². The normalized spacial score (nSPS) is 14.5. The fourth-order valence-electron chi connectivity index (χ4n) is 2.73. The van der Waals surface area contributed by atoms with Crippen LogP contribution in [-0.2, 0) is 4.74 Å². The zero-order chi connectivity index (χ0) is 17.1. The fourth-order valence-corrected chi connectivity index (χ4v) is 3.36. The molecule has 126 valence electrons. The van der Waals surface area contributed by atoms with Gasteiger partial charge in [-0.1, -0.05) is 6.07 Å². The summed E-state index contributed by atoms with van der Waals surface area (Å²) >= 11 is 3.62. The zero-order valence-corrected chi connectivity index (χ0v) is 15.5. The SMILES string of the molecule is Cc1ccc(C(=O)Nc2ccc(N3CCOCC3)c(Br)c2)cc1C. The van der Waals surface area contributed by atoms with Crippen molar-refractivity contribution in [3.63, 3.8) is 0 Å². The first-order chi connectivity index (χ1) is 11.5. The molecule has 0 saturated carbocycles. The Bertz CT molecular complexity index is 755. The van der Waals surface area contributed by atoms with Gasteiger partial charge in [-0.05, 0) is 71.2 Å². The summed E-state index contributed by atoms with van der Waals surface area (Å²) in [6.45, 7) is 7.31. The summed E-state index contributed by atoms with van der Waals surface area (Å²) in [5.74, 6) is -0.0934. The molecule has 0 unspecified atom stereocenters. The molecule has 1 saturated heterocycles. The third kappa shape index (κ3) is 3.79.